The molecular formula is C16H24N4O. The van der Waals surface area contributed by atoms with Crippen molar-refractivity contribution in [1.82, 2.24) is 15.0 Å². The fourth-order valence-corrected chi connectivity index (χ4v) is 2.24. The molecule has 1 unspecified atom stereocenters. The van der Waals surface area contributed by atoms with Crippen LogP contribution in [-0.4, -0.2) is 32.7 Å². The Bertz CT molecular complexity index is 535. The van der Waals surface area contributed by atoms with E-state index in [-0.39, 0.29) is 12.6 Å². The van der Waals surface area contributed by atoms with Gasteiger partial charge in [-0.2, -0.15) is 0 Å². The zero-order valence-corrected chi connectivity index (χ0v) is 12.6. The maximum atomic E-state index is 8.95. The minimum atomic E-state index is -0.305. The minimum absolute atomic E-state index is 0.0539. The van der Waals surface area contributed by atoms with Crippen LogP contribution in [0.2, 0.25) is 0 Å². The summed E-state index contributed by atoms with van der Waals surface area (Å²) in [6.45, 7) is 2.63. The lowest BCUT2D eigenvalue weighted by Gasteiger charge is -2.06. The van der Waals surface area contributed by atoms with Gasteiger partial charge in [0.1, 0.15) is 5.69 Å². The first-order chi connectivity index (χ1) is 10.2. The summed E-state index contributed by atoms with van der Waals surface area (Å²) in [5.74, 6) is 0. The number of nitrogens with zero attached hydrogens (tertiary/aromatic N) is 3. The van der Waals surface area contributed by atoms with Crippen molar-refractivity contribution in [3.63, 3.8) is 0 Å². The molecule has 2 aromatic rings. The van der Waals surface area contributed by atoms with Crippen molar-refractivity contribution in [2.24, 2.45) is 5.73 Å². The normalized spacial score (nSPS) is 12.5. The van der Waals surface area contributed by atoms with E-state index >= 15 is 0 Å². The Labute approximate surface area is 125 Å². The molecule has 1 heterocycles. The number of hydrogen-bond donors (Lipinski definition) is 2. The molecule has 0 spiro atoms. The first kappa shape index (κ1) is 15.7. The molecule has 0 fully saturated rings. The Balaban J connectivity index is 1.98. The molecule has 0 bridgehead atoms. The van der Waals surface area contributed by atoms with Gasteiger partial charge >= 0.3 is 0 Å². The summed E-state index contributed by atoms with van der Waals surface area (Å²) in [7, 11) is 0. The fraction of sp³-hybridized carbons (Fsp3) is 0.500. The third-order valence-corrected chi connectivity index (χ3v) is 3.51. The van der Waals surface area contributed by atoms with Crippen LogP contribution in [0.1, 0.15) is 31.7 Å². The molecule has 5 heteroatoms. The van der Waals surface area contributed by atoms with E-state index in [1.807, 2.05) is 6.20 Å². The van der Waals surface area contributed by atoms with E-state index < -0.39 is 0 Å². The van der Waals surface area contributed by atoms with Gasteiger partial charge in [-0.05, 0) is 18.4 Å². The minimum Gasteiger partial charge on any atom is -0.395 e. The topological polar surface area (TPSA) is 77.0 Å². The number of nitrogens with two attached hydrogens (primary N) is 1. The highest BCUT2D eigenvalue weighted by atomic mass is 16.3. The lowest BCUT2D eigenvalue weighted by molar-refractivity contribution is 0.250. The molecule has 5 nitrogen and oxygen atoms in total. The summed E-state index contributed by atoms with van der Waals surface area (Å²) in [6, 6.07) is 8.18. The molecule has 0 saturated heterocycles. The molecule has 0 saturated carbocycles. The maximum Gasteiger partial charge on any atom is 0.113 e. The molecule has 2 rings (SSSR count). The highest BCUT2D eigenvalue weighted by Crippen LogP contribution is 2.18. The van der Waals surface area contributed by atoms with Gasteiger partial charge in [0.2, 0.25) is 0 Å². The maximum absolute atomic E-state index is 8.95. The van der Waals surface area contributed by atoms with E-state index in [1.54, 1.807) is 4.68 Å². The smallest absolute Gasteiger partial charge is 0.113 e. The predicted octanol–water partition coefficient (Wildman–Crippen LogP) is 2.00. The molecule has 3 N–H and O–H groups in total. The van der Waals surface area contributed by atoms with Crippen LogP contribution in [0.3, 0.4) is 0 Å². The second kappa shape index (κ2) is 7.90. The first-order valence-corrected chi connectivity index (χ1v) is 7.58. The number of hydrogen-bond acceptors (Lipinski definition) is 4. The molecule has 1 atom stereocenters. The Morgan fingerprint density at radius 3 is 2.67 bits per heavy atom. The molecule has 0 aliphatic carbocycles. The lowest BCUT2D eigenvalue weighted by atomic mass is 10.0. The average molecular weight is 288 g/mol. The van der Waals surface area contributed by atoms with Gasteiger partial charge in [-0.15, -0.1) is 5.10 Å². The summed E-state index contributed by atoms with van der Waals surface area (Å²) in [5, 5.41) is 17.1. The molecule has 0 aliphatic rings. The van der Waals surface area contributed by atoms with Crippen molar-refractivity contribution in [1.29, 1.82) is 0 Å². The van der Waals surface area contributed by atoms with Crippen LogP contribution in [0, 0.1) is 0 Å². The van der Waals surface area contributed by atoms with Crippen molar-refractivity contribution in [3.8, 4) is 11.3 Å². The molecule has 0 aliphatic heterocycles. The summed E-state index contributed by atoms with van der Waals surface area (Å²) in [6.07, 6.45) is 6.76. The van der Waals surface area contributed by atoms with Gasteiger partial charge in [0, 0.05) is 11.6 Å². The quantitative estimate of drug-likeness (QED) is 0.728. The summed E-state index contributed by atoms with van der Waals surface area (Å²) in [5.41, 5.74) is 8.94. The first-order valence-electron chi connectivity index (χ1n) is 7.58. The number of rotatable bonds is 8. The Morgan fingerprint density at radius 2 is 2.00 bits per heavy atom. The number of aryl methyl sites for hydroxylation is 1. The van der Waals surface area contributed by atoms with Crippen LogP contribution < -0.4 is 5.73 Å². The van der Waals surface area contributed by atoms with Crippen LogP contribution in [0.4, 0.5) is 0 Å². The van der Waals surface area contributed by atoms with E-state index in [0.717, 1.165) is 17.7 Å². The number of aliphatic hydroxyl groups excluding tert-OH is 1. The third-order valence-electron chi connectivity index (χ3n) is 3.51. The summed E-state index contributed by atoms with van der Waals surface area (Å²) >= 11 is 0. The van der Waals surface area contributed by atoms with Gasteiger partial charge in [0.25, 0.3) is 0 Å². The van der Waals surface area contributed by atoms with Crippen LogP contribution in [-0.2, 0) is 13.0 Å². The van der Waals surface area contributed by atoms with E-state index in [2.05, 4.69) is 41.5 Å². The van der Waals surface area contributed by atoms with Crippen molar-refractivity contribution in [2.75, 3.05) is 6.61 Å². The zero-order chi connectivity index (χ0) is 15.1. The Kier molecular flexibility index (Phi) is 5.90. The van der Waals surface area contributed by atoms with E-state index in [0.29, 0.717) is 6.54 Å². The Hall–Kier alpha value is -1.72. The largest absolute Gasteiger partial charge is 0.395 e. The monoisotopic (exact) mass is 288 g/mol. The van der Waals surface area contributed by atoms with Crippen LogP contribution in [0.5, 0.6) is 0 Å². The fourth-order valence-electron chi connectivity index (χ4n) is 2.24. The van der Waals surface area contributed by atoms with Gasteiger partial charge in [-0.25, -0.2) is 0 Å². The highest BCUT2D eigenvalue weighted by Gasteiger charge is 2.07. The molecule has 21 heavy (non-hydrogen) atoms. The van der Waals surface area contributed by atoms with Crippen LogP contribution in [0.25, 0.3) is 11.3 Å². The number of benzene rings is 1. The molecule has 114 valence electrons. The van der Waals surface area contributed by atoms with Gasteiger partial charge in [0.15, 0.2) is 0 Å². The second-order valence-corrected chi connectivity index (χ2v) is 5.42. The number of unbranched alkanes of at least 4 members (excludes halogenated alkanes) is 2. The molecule has 1 aromatic heterocycles. The van der Waals surface area contributed by atoms with Gasteiger partial charge in [-0.3, -0.25) is 4.68 Å². The van der Waals surface area contributed by atoms with E-state index in [4.69, 9.17) is 10.8 Å². The lowest BCUT2D eigenvalue weighted by Crippen LogP contribution is -2.30. The SMILES string of the molecule is CCCCCc1ccc(-c2cn(CC(N)CO)nn2)cc1. The van der Waals surface area contributed by atoms with Crippen molar-refractivity contribution in [2.45, 2.75) is 45.2 Å². The summed E-state index contributed by atoms with van der Waals surface area (Å²) in [4.78, 5) is 0. The van der Waals surface area contributed by atoms with Crippen molar-refractivity contribution >= 4 is 0 Å². The van der Waals surface area contributed by atoms with E-state index in [1.165, 1.54) is 24.8 Å². The van der Waals surface area contributed by atoms with Gasteiger partial charge in [-0.1, -0.05) is 49.2 Å². The summed E-state index contributed by atoms with van der Waals surface area (Å²) < 4.78 is 1.67. The predicted molar refractivity (Wildman–Crippen MR) is 83.7 cm³/mol. The highest BCUT2D eigenvalue weighted by molar-refractivity contribution is 5.57. The van der Waals surface area contributed by atoms with Crippen LogP contribution >= 0.6 is 0 Å². The van der Waals surface area contributed by atoms with Gasteiger partial charge < -0.3 is 10.8 Å². The second-order valence-electron chi connectivity index (χ2n) is 5.42. The third kappa shape index (κ3) is 4.65. The molecular weight excluding hydrogens is 264 g/mol. The molecule has 1 aromatic carbocycles. The molecule has 0 amide bonds. The van der Waals surface area contributed by atoms with Crippen molar-refractivity contribution in [3.05, 3.63) is 36.0 Å². The zero-order valence-electron chi connectivity index (χ0n) is 12.6. The number of aromatic nitrogens is 3. The average Bonchev–Trinajstić information content (AvgIpc) is 2.96. The van der Waals surface area contributed by atoms with Crippen LogP contribution in [0.15, 0.2) is 30.5 Å². The Morgan fingerprint density at radius 1 is 1.24 bits per heavy atom. The van der Waals surface area contributed by atoms with Crippen molar-refractivity contribution < 1.29 is 5.11 Å². The standard InChI is InChI=1S/C16H24N4O/c1-2-3-4-5-13-6-8-14(9-7-13)16-11-20(19-18-16)10-15(17)12-21/h6-9,11,15,21H,2-5,10,12,17H2,1H3. The molecule has 0 radical (unpaired) electrons. The van der Waals surface area contributed by atoms with E-state index in [9.17, 15) is 0 Å². The van der Waals surface area contributed by atoms with Gasteiger partial charge in [0.05, 0.1) is 19.3 Å². The number of aliphatic hydroxyl groups is 1.